The molecule has 0 radical (unpaired) electrons. The highest BCUT2D eigenvalue weighted by atomic mass is 16.3. The Bertz CT molecular complexity index is 3550. The zero-order chi connectivity index (χ0) is 41.8. The molecular formula is C50H32N2O. The third-order valence-electron chi connectivity index (χ3n) is 10.1. The second-order valence-electron chi connectivity index (χ2n) is 13.1. The molecular weight excluding hydrogens is 645 g/mol. The SMILES string of the molecule is [2H]c1c([2H])c(N(c2c([2H])c([2H])c(-n3c4ccccc4c4ccccc43)c([2H])c2[2H])c2cccc3oc4c5ccccc5ccc4c23)c([2H])c([2H])c1-c1cccc2ccccc12. The first-order valence-corrected chi connectivity index (χ1v) is 17.5. The van der Waals surface area contributed by atoms with Crippen LogP contribution in [0.1, 0.15) is 11.0 Å². The molecule has 11 aromatic rings. The number of hydrogen-bond donors (Lipinski definition) is 0. The van der Waals surface area contributed by atoms with Crippen LogP contribution in [-0.2, 0) is 0 Å². The first-order valence-electron chi connectivity index (χ1n) is 21.5. The van der Waals surface area contributed by atoms with Crippen molar-refractivity contribution < 1.29 is 15.4 Å². The molecule has 0 fully saturated rings. The van der Waals surface area contributed by atoms with Gasteiger partial charge in [-0.15, -0.1) is 0 Å². The number of fused-ring (bicyclic) bond motifs is 9. The van der Waals surface area contributed by atoms with E-state index in [2.05, 4.69) is 0 Å². The minimum absolute atomic E-state index is 0.0420. The van der Waals surface area contributed by atoms with Crippen LogP contribution in [0.15, 0.2) is 198 Å². The van der Waals surface area contributed by atoms with Gasteiger partial charge in [-0.05, 0) is 93.9 Å². The van der Waals surface area contributed by atoms with Gasteiger partial charge >= 0.3 is 0 Å². The van der Waals surface area contributed by atoms with Crippen LogP contribution in [0.25, 0.3) is 82.1 Å². The number of rotatable bonds is 5. The number of furan rings is 1. The molecule has 2 heterocycles. The Morgan fingerprint density at radius 1 is 0.453 bits per heavy atom. The fraction of sp³-hybridized carbons (Fsp3) is 0. The van der Waals surface area contributed by atoms with Gasteiger partial charge in [-0.3, -0.25) is 0 Å². The monoisotopic (exact) mass is 684 g/mol. The van der Waals surface area contributed by atoms with Gasteiger partial charge in [-0.25, -0.2) is 0 Å². The molecule has 0 spiro atoms. The van der Waals surface area contributed by atoms with Crippen molar-refractivity contribution in [2.75, 3.05) is 4.90 Å². The summed E-state index contributed by atoms with van der Waals surface area (Å²) in [6.45, 7) is 0. The lowest BCUT2D eigenvalue weighted by Gasteiger charge is -2.27. The van der Waals surface area contributed by atoms with Gasteiger partial charge in [0.1, 0.15) is 11.2 Å². The molecule has 0 aliphatic rings. The minimum Gasteiger partial charge on any atom is -0.455 e. The number of benzene rings is 9. The molecule has 9 aromatic carbocycles. The molecule has 11 rings (SSSR count). The van der Waals surface area contributed by atoms with E-state index in [1.54, 1.807) is 28.8 Å². The summed E-state index contributed by atoms with van der Waals surface area (Å²) in [6, 6.07) is 42.3. The van der Waals surface area contributed by atoms with E-state index >= 15 is 0 Å². The molecule has 0 aliphatic carbocycles. The Hall–Kier alpha value is -7.10. The third kappa shape index (κ3) is 4.61. The fourth-order valence-electron chi connectivity index (χ4n) is 7.76. The summed E-state index contributed by atoms with van der Waals surface area (Å²) in [5.41, 5.74) is 2.97. The van der Waals surface area contributed by atoms with Crippen molar-refractivity contribution in [3.63, 3.8) is 0 Å². The molecule has 53 heavy (non-hydrogen) atoms. The molecule has 0 amide bonds. The third-order valence-corrected chi connectivity index (χ3v) is 10.1. The van der Waals surface area contributed by atoms with Gasteiger partial charge in [0.15, 0.2) is 0 Å². The van der Waals surface area contributed by atoms with E-state index in [1.165, 1.54) is 4.90 Å². The van der Waals surface area contributed by atoms with Crippen molar-refractivity contribution in [3.8, 4) is 16.8 Å². The van der Waals surface area contributed by atoms with Crippen LogP contribution in [0, 0.1) is 0 Å². The molecule has 3 heteroatoms. The van der Waals surface area contributed by atoms with Crippen LogP contribution in [-0.4, -0.2) is 4.57 Å². The molecule has 0 N–H and O–H groups in total. The van der Waals surface area contributed by atoms with Crippen LogP contribution in [0.2, 0.25) is 0 Å². The van der Waals surface area contributed by atoms with Crippen molar-refractivity contribution in [1.29, 1.82) is 0 Å². The second kappa shape index (κ2) is 11.7. The normalized spacial score (nSPS) is 13.9. The first-order chi connectivity index (χ1) is 29.7. The van der Waals surface area contributed by atoms with Crippen LogP contribution >= 0.6 is 0 Å². The highest BCUT2D eigenvalue weighted by Crippen LogP contribution is 2.45. The van der Waals surface area contributed by atoms with Gasteiger partial charge < -0.3 is 13.9 Å². The Labute approximate surface area is 317 Å². The quantitative estimate of drug-likeness (QED) is 0.180. The number of nitrogens with zero attached hydrogens (tertiary/aromatic N) is 2. The summed E-state index contributed by atoms with van der Waals surface area (Å²) in [6.07, 6.45) is 0. The zero-order valence-corrected chi connectivity index (χ0v) is 28.2. The van der Waals surface area contributed by atoms with Crippen molar-refractivity contribution >= 4 is 82.4 Å². The van der Waals surface area contributed by atoms with Gasteiger partial charge in [0, 0.05) is 38.6 Å². The first kappa shape index (κ1) is 22.7. The lowest BCUT2D eigenvalue weighted by Crippen LogP contribution is -2.10. The van der Waals surface area contributed by atoms with Crippen molar-refractivity contribution in [1.82, 2.24) is 4.57 Å². The molecule has 0 atom stereocenters. The summed E-state index contributed by atoms with van der Waals surface area (Å²) in [5, 5.41) is 6.46. The van der Waals surface area contributed by atoms with E-state index in [-0.39, 0.29) is 46.8 Å². The molecule has 0 saturated carbocycles. The number of anilines is 3. The predicted octanol–water partition coefficient (Wildman–Crippen LogP) is 14.1. The van der Waals surface area contributed by atoms with Crippen LogP contribution in [0.4, 0.5) is 17.1 Å². The van der Waals surface area contributed by atoms with E-state index in [1.807, 2.05) is 121 Å². The average Bonchev–Trinajstić information content (AvgIpc) is 3.84. The molecule has 248 valence electrons. The van der Waals surface area contributed by atoms with E-state index in [9.17, 15) is 11.0 Å². The standard InChI is InChI=1S/C50H32N2O/c1-3-14-39-33(11-1)13-9-18-40(39)35-23-26-36(27-24-35)51(47-21-10-22-48-49(47)44-32-25-34-12-2-4-15-41(34)50(44)53-48)37-28-30-38(31-29-37)52-45-19-7-5-16-42(45)43-17-6-8-20-46(43)52/h1-32H/i23D,24D,26D,27D,28D,29D,30D,31D. The van der Waals surface area contributed by atoms with Gasteiger partial charge in [0.05, 0.1) is 33.1 Å². The van der Waals surface area contributed by atoms with Gasteiger partial charge in [-0.2, -0.15) is 0 Å². The van der Waals surface area contributed by atoms with E-state index in [0.717, 1.165) is 32.3 Å². The number of para-hydroxylation sites is 2. The van der Waals surface area contributed by atoms with E-state index < -0.39 is 24.2 Å². The fourth-order valence-corrected chi connectivity index (χ4v) is 7.76. The lowest BCUT2D eigenvalue weighted by atomic mass is 9.98. The lowest BCUT2D eigenvalue weighted by molar-refractivity contribution is 0.672. The smallest absolute Gasteiger partial charge is 0.143 e. The Kier molecular flexibility index (Phi) is 5.01. The molecule has 2 aromatic heterocycles. The Balaban J connectivity index is 1.25. The Morgan fingerprint density at radius 2 is 1.02 bits per heavy atom. The molecule has 0 saturated heterocycles. The van der Waals surface area contributed by atoms with Gasteiger partial charge in [0.2, 0.25) is 0 Å². The number of hydrogen-bond acceptors (Lipinski definition) is 2. The molecule has 0 aliphatic heterocycles. The highest BCUT2D eigenvalue weighted by Gasteiger charge is 2.21. The molecule has 0 unspecified atom stereocenters. The van der Waals surface area contributed by atoms with E-state index in [4.69, 9.17) is 4.42 Å². The van der Waals surface area contributed by atoms with E-state index in [0.29, 0.717) is 44.2 Å². The summed E-state index contributed by atoms with van der Waals surface area (Å²) in [5.74, 6) is 0. The second-order valence-corrected chi connectivity index (χ2v) is 13.1. The summed E-state index contributed by atoms with van der Waals surface area (Å²) >= 11 is 0. The minimum atomic E-state index is -0.428. The summed E-state index contributed by atoms with van der Waals surface area (Å²) < 4.78 is 85.7. The summed E-state index contributed by atoms with van der Waals surface area (Å²) in [7, 11) is 0. The topological polar surface area (TPSA) is 21.3 Å². The van der Waals surface area contributed by atoms with Crippen LogP contribution in [0.5, 0.6) is 0 Å². The largest absolute Gasteiger partial charge is 0.455 e. The maximum absolute atomic E-state index is 9.79. The predicted molar refractivity (Wildman–Crippen MR) is 223 cm³/mol. The number of aromatic nitrogens is 1. The maximum atomic E-state index is 9.79. The highest BCUT2D eigenvalue weighted by molar-refractivity contribution is 6.19. The van der Waals surface area contributed by atoms with Gasteiger partial charge in [-0.1, -0.05) is 127 Å². The van der Waals surface area contributed by atoms with Gasteiger partial charge in [0.25, 0.3) is 0 Å². The van der Waals surface area contributed by atoms with Crippen molar-refractivity contribution in [3.05, 3.63) is 194 Å². The Morgan fingerprint density at radius 3 is 1.74 bits per heavy atom. The average molecular weight is 685 g/mol. The maximum Gasteiger partial charge on any atom is 0.143 e. The molecule has 0 bridgehead atoms. The van der Waals surface area contributed by atoms with Crippen molar-refractivity contribution in [2.24, 2.45) is 0 Å². The van der Waals surface area contributed by atoms with Crippen LogP contribution < -0.4 is 4.90 Å². The molecule has 3 nitrogen and oxygen atoms in total. The van der Waals surface area contributed by atoms with Crippen LogP contribution in [0.3, 0.4) is 0 Å². The van der Waals surface area contributed by atoms with Crippen molar-refractivity contribution in [2.45, 2.75) is 0 Å². The summed E-state index contributed by atoms with van der Waals surface area (Å²) in [4.78, 5) is 1.37. The zero-order valence-electron chi connectivity index (χ0n) is 36.2.